The summed E-state index contributed by atoms with van der Waals surface area (Å²) >= 11 is 0. The smallest absolute Gasteiger partial charge is 0.231 e. The molecule has 3 fully saturated rings. The number of benzene rings is 1. The van der Waals surface area contributed by atoms with Crippen LogP contribution < -0.4 is 0 Å². The van der Waals surface area contributed by atoms with Crippen molar-refractivity contribution in [2.45, 2.75) is 38.1 Å². The molecule has 2 heterocycles. The Morgan fingerprint density at radius 1 is 1.14 bits per heavy atom. The van der Waals surface area contributed by atoms with Crippen molar-refractivity contribution >= 4 is 5.91 Å². The number of carbonyl (C=O) groups excluding carboxylic acids is 1. The fraction of sp³-hybridized carbons (Fsp3) is 0.632. The predicted molar refractivity (Wildman–Crippen MR) is 87.4 cm³/mol. The van der Waals surface area contributed by atoms with E-state index in [1.807, 2.05) is 11.9 Å². The van der Waals surface area contributed by atoms with Crippen LogP contribution >= 0.6 is 0 Å². The minimum atomic E-state index is -0.119. The second-order valence-electron chi connectivity index (χ2n) is 7.48. The summed E-state index contributed by atoms with van der Waals surface area (Å²) in [7, 11) is 1.96. The first-order chi connectivity index (χ1) is 10.7. The molecule has 3 aliphatic rings. The van der Waals surface area contributed by atoms with Crippen LogP contribution in [0.25, 0.3) is 0 Å². The molecule has 4 rings (SSSR count). The van der Waals surface area contributed by atoms with Gasteiger partial charge >= 0.3 is 0 Å². The van der Waals surface area contributed by atoms with Crippen molar-refractivity contribution in [1.29, 1.82) is 0 Å². The van der Waals surface area contributed by atoms with Crippen LogP contribution in [0.1, 0.15) is 43.7 Å². The number of amides is 1. The van der Waals surface area contributed by atoms with Crippen molar-refractivity contribution in [1.82, 2.24) is 9.80 Å². The molecule has 3 nitrogen and oxygen atoms in total. The normalized spacial score (nSPS) is 28.5. The average molecular weight is 298 g/mol. The minimum absolute atomic E-state index is 0.119. The van der Waals surface area contributed by atoms with Gasteiger partial charge in [0.2, 0.25) is 5.91 Å². The molecule has 1 unspecified atom stereocenters. The summed E-state index contributed by atoms with van der Waals surface area (Å²) in [6.07, 6.45) is 6.30. The van der Waals surface area contributed by atoms with Crippen LogP contribution in [0.2, 0.25) is 0 Å². The van der Waals surface area contributed by atoms with E-state index in [9.17, 15) is 4.79 Å². The molecule has 2 saturated heterocycles. The second kappa shape index (κ2) is 5.38. The maximum Gasteiger partial charge on any atom is 0.231 e. The van der Waals surface area contributed by atoms with Crippen molar-refractivity contribution in [3.8, 4) is 0 Å². The van der Waals surface area contributed by atoms with Crippen LogP contribution in [0, 0.1) is 11.3 Å². The molecule has 1 aromatic rings. The number of carbonyl (C=O) groups is 1. The van der Waals surface area contributed by atoms with Crippen LogP contribution in [0.3, 0.4) is 0 Å². The number of β-lactam (4-membered cyclic amide) rings is 1. The number of rotatable bonds is 3. The highest BCUT2D eigenvalue weighted by Gasteiger charge is 2.59. The van der Waals surface area contributed by atoms with Crippen molar-refractivity contribution in [3.05, 3.63) is 35.9 Å². The standard InChI is InChI=1S/C19H26N2O/c1-20-17(16-8-3-2-4-9-16)19(18(20)22)10-12-21(13-11-19)14-15-6-5-7-15/h2-4,8-9,15,17H,5-7,10-14H2,1H3. The Balaban J connectivity index is 1.47. The summed E-state index contributed by atoms with van der Waals surface area (Å²) in [5.74, 6) is 1.29. The lowest BCUT2D eigenvalue weighted by molar-refractivity contribution is -0.177. The highest BCUT2D eigenvalue weighted by atomic mass is 16.2. The number of likely N-dealkylation sites (tertiary alicyclic amines) is 2. The molecule has 0 N–H and O–H groups in total. The van der Waals surface area contributed by atoms with Gasteiger partial charge in [-0.05, 0) is 50.3 Å². The molecular weight excluding hydrogens is 272 g/mol. The molecule has 118 valence electrons. The Hall–Kier alpha value is -1.35. The highest BCUT2D eigenvalue weighted by molar-refractivity contribution is 5.90. The molecule has 0 bridgehead atoms. The van der Waals surface area contributed by atoms with E-state index in [0.29, 0.717) is 5.91 Å². The largest absolute Gasteiger partial charge is 0.337 e. The molecule has 1 aromatic carbocycles. The lowest BCUT2D eigenvalue weighted by atomic mass is 9.62. The van der Waals surface area contributed by atoms with Gasteiger partial charge in [-0.1, -0.05) is 36.8 Å². The lowest BCUT2D eigenvalue weighted by Crippen LogP contribution is -2.65. The van der Waals surface area contributed by atoms with E-state index in [1.165, 1.54) is 31.4 Å². The summed E-state index contributed by atoms with van der Waals surface area (Å²) in [5.41, 5.74) is 1.18. The Morgan fingerprint density at radius 2 is 1.82 bits per heavy atom. The summed E-state index contributed by atoms with van der Waals surface area (Å²) in [4.78, 5) is 17.2. The fourth-order valence-corrected chi connectivity index (χ4v) is 4.73. The monoisotopic (exact) mass is 298 g/mol. The first kappa shape index (κ1) is 14.3. The highest BCUT2D eigenvalue weighted by Crippen LogP contribution is 2.55. The molecule has 3 heteroatoms. The number of nitrogens with zero attached hydrogens (tertiary/aromatic N) is 2. The number of piperidine rings is 1. The van der Waals surface area contributed by atoms with Crippen molar-refractivity contribution in [2.75, 3.05) is 26.7 Å². The Morgan fingerprint density at radius 3 is 2.41 bits per heavy atom. The first-order valence-corrected chi connectivity index (χ1v) is 8.75. The zero-order valence-electron chi connectivity index (χ0n) is 13.5. The molecule has 0 aromatic heterocycles. The molecule has 1 aliphatic carbocycles. The lowest BCUT2D eigenvalue weighted by Gasteiger charge is -2.58. The van der Waals surface area contributed by atoms with E-state index in [1.54, 1.807) is 0 Å². The van der Waals surface area contributed by atoms with Crippen LogP contribution in [0.15, 0.2) is 30.3 Å². The minimum Gasteiger partial charge on any atom is -0.337 e. The SMILES string of the molecule is CN1C(=O)C2(CCN(CC3CCC3)CC2)C1c1ccccc1. The first-order valence-electron chi connectivity index (χ1n) is 8.75. The van der Waals surface area contributed by atoms with E-state index in [4.69, 9.17) is 0 Å². The van der Waals surface area contributed by atoms with Gasteiger partial charge in [0.1, 0.15) is 0 Å². The second-order valence-corrected chi connectivity index (χ2v) is 7.48. The summed E-state index contributed by atoms with van der Waals surface area (Å²) in [6, 6.07) is 10.9. The quantitative estimate of drug-likeness (QED) is 0.801. The van der Waals surface area contributed by atoms with Gasteiger partial charge in [-0.2, -0.15) is 0 Å². The molecule has 0 radical (unpaired) electrons. The van der Waals surface area contributed by atoms with Gasteiger partial charge in [0.05, 0.1) is 11.5 Å². The zero-order valence-corrected chi connectivity index (χ0v) is 13.5. The van der Waals surface area contributed by atoms with E-state index in [-0.39, 0.29) is 11.5 Å². The van der Waals surface area contributed by atoms with Gasteiger partial charge in [0.15, 0.2) is 0 Å². The molecule has 2 aliphatic heterocycles. The topological polar surface area (TPSA) is 23.6 Å². The third-order valence-corrected chi connectivity index (χ3v) is 6.26. The van der Waals surface area contributed by atoms with E-state index in [0.717, 1.165) is 31.8 Å². The third-order valence-electron chi connectivity index (χ3n) is 6.26. The molecule has 22 heavy (non-hydrogen) atoms. The Bertz CT molecular complexity index is 544. The third kappa shape index (κ3) is 2.10. The van der Waals surface area contributed by atoms with Gasteiger partial charge in [-0.25, -0.2) is 0 Å². The molecular formula is C19H26N2O. The summed E-state index contributed by atoms with van der Waals surface area (Å²) < 4.78 is 0. The molecule has 1 atom stereocenters. The van der Waals surface area contributed by atoms with Crippen LogP contribution in [-0.2, 0) is 4.79 Å². The summed E-state index contributed by atoms with van der Waals surface area (Å²) in [5, 5.41) is 0. The van der Waals surface area contributed by atoms with Gasteiger partial charge in [-0.15, -0.1) is 0 Å². The molecule has 1 amide bonds. The van der Waals surface area contributed by atoms with Gasteiger partial charge in [0.25, 0.3) is 0 Å². The summed E-state index contributed by atoms with van der Waals surface area (Å²) in [6.45, 7) is 3.45. The van der Waals surface area contributed by atoms with Crippen molar-refractivity contribution < 1.29 is 4.79 Å². The predicted octanol–water partition coefficient (Wildman–Crippen LogP) is 3.08. The molecule has 1 spiro atoms. The van der Waals surface area contributed by atoms with Crippen LogP contribution in [-0.4, -0.2) is 42.4 Å². The van der Waals surface area contributed by atoms with E-state index in [2.05, 4.69) is 35.2 Å². The Labute approximate surface area is 133 Å². The van der Waals surface area contributed by atoms with Crippen molar-refractivity contribution in [3.63, 3.8) is 0 Å². The fourth-order valence-electron chi connectivity index (χ4n) is 4.73. The molecule has 1 saturated carbocycles. The van der Waals surface area contributed by atoms with Crippen molar-refractivity contribution in [2.24, 2.45) is 11.3 Å². The van der Waals surface area contributed by atoms with Crippen LogP contribution in [0.5, 0.6) is 0 Å². The van der Waals surface area contributed by atoms with Gasteiger partial charge in [-0.3, -0.25) is 4.79 Å². The Kier molecular flexibility index (Phi) is 3.48. The zero-order chi connectivity index (χ0) is 15.2. The number of hydrogen-bond acceptors (Lipinski definition) is 2. The maximum atomic E-state index is 12.6. The van der Waals surface area contributed by atoms with Crippen LogP contribution in [0.4, 0.5) is 0 Å². The average Bonchev–Trinajstić information content (AvgIpc) is 2.53. The number of hydrogen-bond donors (Lipinski definition) is 0. The van der Waals surface area contributed by atoms with Gasteiger partial charge < -0.3 is 9.80 Å². The van der Waals surface area contributed by atoms with E-state index >= 15 is 0 Å². The maximum absolute atomic E-state index is 12.6. The van der Waals surface area contributed by atoms with E-state index < -0.39 is 0 Å². The van der Waals surface area contributed by atoms with Gasteiger partial charge in [0, 0.05) is 13.6 Å².